The van der Waals surface area contributed by atoms with Crippen LogP contribution in [0.5, 0.6) is 0 Å². The molecule has 2 heterocycles. The molecule has 0 fully saturated rings. The summed E-state index contributed by atoms with van der Waals surface area (Å²) in [5, 5.41) is 2.66. The van der Waals surface area contributed by atoms with Crippen LogP contribution in [-0.2, 0) is 6.54 Å². The average molecular weight is 282 g/mol. The number of unbranched alkanes of at least 4 members (excludes halogenated alkanes) is 1. The Labute approximate surface area is 115 Å². The highest BCUT2D eigenvalue weighted by molar-refractivity contribution is 7.71. The van der Waals surface area contributed by atoms with E-state index < -0.39 is 0 Å². The fourth-order valence-electron chi connectivity index (χ4n) is 2.00. The first-order valence-electron chi connectivity index (χ1n) is 6.30. The number of hydrogen-bond acceptors (Lipinski definition) is 3. The first-order valence-corrected chi connectivity index (χ1v) is 7.58. The number of nitrogens with one attached hydrogen (secondary N) is 1. The van der Waals surface area contributed by atoms with Crippen LogP contribution in [0.2, 0.25) is 0 Å². The third-order valence-corrected chi connectivity index (χ3v) is 4.17. The zero-order chi connectivity index (χ0) is 13.1. The molecule has 0 aliphatic heterocycles. The molecule has 0 aliphatic rings. The van der Waals surface area contributed by atoms with Crippen LogP contribution in [0.3, 0.4) is 0 Å². The molecule has 0 spiro atoms. The third kappa shape index (κ3) is 2.90. The van der Waals surface area contributed by atoms with E-state index >= 15 is 0 Å². The van der Waals surface area contributed by atoms with Crippen LogP contribution in [-0.4, -0.2) is 9.55 Å². The summed E-state index contributed by atoms with van der Waals surface area (Å²) in [6.07, 6.45) is 3.34. The van der Waals surface area contributed by atoms with Gasteiger partial charge in [-0.25, -0.2) is 0 Å². The van der Waals surface area contributed by atoms with Crippen LogP contribution in [0.1, 0.15) is 33.1 Å². The molecule has 1 N–H and O–H groups in total. The van der Waals surface area contributed by atoms with Crippen molar-refractivity contribution in [3.63, 3.8) is 0 Å². The second kappa shape index (κ2) is 5.80. The second-order valence-electron chi connectivity index (χ2n) is 4.94. The Morgan fingerprint density at radius 2 is 2.22 bits per heavy atom. The lowest BCUT2D eigenvalue weighted by Crippen LogP contribution is -2.21. The lowest BCUT2D eigenvalue weighted by molar-refractivity contribution is 0.501. The van der Waals surface area contributed by atoms with Gasteiger partial charge in [0.1, 0.15) is 4.83 Å². The molecule has 0 bridgehead atoms. The zero-order valence-electron chi connectivity index (χ0n) is 10.7. The number of aromatic amines is 1. The number of thiophene rings is 1. The highest BCUT2D eigenvalue weighted by atomic mass is 32.1. The molecule has 0 saturated carbocycles. The SMILES string of the molecule is CC(C)CCCCn1c(=S)[nH]c2sccc2c1=O. The van der Waals surface area contributed by atoms with Crippen LogP contribution in [0.15, 0.2) is 16.2 Å². The number of aromatic nitrogens is 2. The van der Waals surface area contributed by atoms with E-state index in [2.05, 4.69) is 18.8 Å². The fraction of sp³-hybridized carbons (Fsp3) is 0.538. The van der Waals surface area contributed by atoms with Gasteiger partial charge in [-0.3, -0.25) is 9.36 Å². The molecule has 3 nitrogen and oxygen atoms in total. The summed E-state index contributed by atoms with van der Waals surface area (Å²) in [5.74, 6) is 0.718. The summed E-state index contributed by atoms with van der Waals surface area (Å²) in [6.45, 7) is 5.15. The van der Waals surface area contributed by atoms with E-state index in [1.54, 1.807) is 4.57 Å². The maximum absolute atomic E-state index is 12.2. The van der Waals surface area contributed by atoms with Crippen molar-refractivity contribution in [2.45, 2.75) is 39.7 Å². The van der Waals surface area contributed by atoms with Gasteiger partial charge in [-0.05, 0) is 36.0 Å². The van der Waals surface area contributed by atoms with E-state index in [1.165, 1.54) is 17.8 Å². The van der Waals surface area contributed by atoms with Crippen molar-refractivity contribution in [2.24, 2.45) is 5.92 Å². The molecule has 0 aromatic carbocycles. The monoisotopic (exact) mass is 282 g/mol. The van der Waals surface area contributed by atoms with Gasteiger partial charge in [0.15, 0.2) is 4.77 Å². The molecular formula is C13H18N2OS2. The predicted molar refractivity (Wildman–Crippen MR) is 80.0 cm³/mol. The van der Waals surface area contributed by atoms with Gasteiger partial charge in [-0.15, -0.1) is 11.3 Å². The molecule has 0 atom stereocenters. The van der Waals surface area contributed by atoms with Crippen molar-refractivity contribution in [1.82, 2.24) is 9.55 Å². The van der Waals surface area contributed by atoms with Gasteiger partial charge in [-0.1, -0.05) is 26.7 Å². The predicted octanol–water partition coefficient (Wildman–Crippen LogP) is 3.95. The van der Waals surface area contributed by atoms with Crippen molar-refractivity contribution in [3.8, 4) is 0 Å². The minimum atomic E-state index is 0.0412. The molecule has 0 amide bonds. The maximum Gasteiger partial charge on any atom is 0.263 e. The number of nitrogens with zero attached hydrogens (tertiary/aromatic N) is 1. The molecule has 0 radical (unpaired) electrons. The highest BCUT2D eigenvalue weighted by Gasteiger charge is 2.06. The Morgan fingerprint density at radius 3 is 2.94 bits per heavy atom. The quantitative estimate of drug-likeness (QED) is 0.666. The van der Waals surface area contributed by atoms with Gasteiger partial charge < -0.3 is 4.98 Å². The van der Waals surface area contributed by atoms with Gasteiger partial charge in [-0.2, -0.15) is 0 Å². The molecule has 2 aromatic rings. The van der Waals surface area contributed by atoms with Gasteiger partial charge in [0.2, 0.25) is 0 Å². The topological polar surface area (TPSA) is 37.8 Å². The van der Waals surface area contributed by atoms with Gasteiger partial charge >= 0.3 is 0 Å². The molecular weight excluding hydrogens is 264 g/mol. The van der Waals surface area contributed by atoms with E-state index in [0.29, 0.717) is 11.3 Å². The van der Waals surface area contributed by atoms with Crippen LogP contribution in [0, 0.1) is 10.7 Å². The summed E-state index contributed by atoms with van der Waals surface area (Å²) < 4.78 is 2.23. The minimum Gasteiger partial charge on any atom is -0.323 e. The van der Waals surface area contributed by atoms with Gasteiger partial charge in [0.25, 0.3) is 5.56 Å². The summed E-state index contributed by atoms with van der Waals surface area (Å²) >= 11 is 6.77. The van der Waals surface area contributed by atoms with Crippen LogP contribution in [0.25, 0.3) is 10.2 Å². The lowest BCUT2D eigenvalue weighted by Gasteiger charge is -2.07. The van der Waals surface area contributed by atoms with E-state index in [0.717, 1.165) is 29.0 Å². The van der Waals surface area contributed by atoms with E-state index in [4.69, 9.17) is 12.2 Å². The molecule has 18 heavy (non-hydrogen) atoms. The Morgan fingerprint density at radius 1 is 1.44 bits per heavy atom. The van der Waals surface area contributed by atoms with Crippen LogP contribution >= 0.6 is 23.6 Å². The normalized spacial score (nSPS) is 11.5. The first kappa shape index (κ1) is 13.5. The number of fused-ring (bicyclic) bond motifs is 1. The largest absolute Gasteiger partial charge is 0.323 e. The summed E-state index contributed by atoms with van der Waals surface area (Å²) in [7, 11) is 0. The molecule has 0 unspecified atom stereocenters. The zero-order valence-corrected chi connectivity index (χ0v) is 12.4. The van der Waals surface area contributed by atoms with Crippen LogP contribution < -0.4 is 5.56 Å². The molecule has 2 rings (SSSR count). The smallest absolute Gasteiger partial charge is 0.263 e. The summed E-state index contributed by atoms with van der Waals surface area (Å²) in [5.41, 5.74) is 0.0412. The Bertz CT molecular complexity index is 636. The Balaban J connectivity index is 2.17. The standard InChI is InChI=1S/C13H18N2OS2/c1-9(2)5-3-4-7-15-12(16)10-6-8-18-11(10)14-13(15)17/h6,8-9H,3-5,7H2,1-2H3,(H,14,17). The third-order valence-electron chi connectivity index (χ3n) is 3.02. The molecule has 0 aliphatic carbocycles. The lowest BCUT2D eigenvalue weighted by atomic mass is 10.1. The van der Waals surface area contributed by atoms with Gasteiger partial charge in [0.05, 0.1) is 5.39 Å². The number of rotatable bonds is 5. The number of hydrogen-bond donors (Lipinski definition) is 1. The van der Waals surface area contributed by atoms with Crippen molar-refractivity contribution < 1.29 is 0 Å². The second-order valence-corrected chi connectivity index (χ2v) is 6.24. The van der Waals surface area contributed by atoms with E-state index in [-0.39, 0.29) is 5.56 Å². The molecule has 2 aromatic heterocycles. The average Bonchev–Trinajstić information content (AvgIpc) is 2.75. The summed E-state index contributed by atoms with van der Waals surface area (Å²) in [6, 6.07) is 1.86. The minimum absolute atomic E-state index is 0.0412. The van der Waals surface area contributed by atoms with Crippen molar-refractivity contribution in [2.75, 3.05) is 0 Å². The van der Waals surface area contributed by atoms with Crippen LogP contribution in [0.4, 0.5) is 0 Å². The Kier molecular flexibility index (Phi) is 4.35. The number of H-pyrrole nitrogens is 1. The van der Waals surface area contributed by atoms with Gasteiger partial charge in [0, 0.05) is 6.54 Å². The van der Waals surface area contributed by atoms with E-state index in [9.17, 15) is 4.79 Å². The van der Waals surface area contributed by atoms with Crippen molar-refractivity contribution in [3.05, 3.63) is 26.6 Å². The molecule has 98 valence electrons. The van der Waals surface area contributed by atoms with Crippen molar-refractivity contribution >= 4 is 33.8 Å². The fourth-order valence-corrected chi connectivity index (χ4v) is 3.12. The molecule has 5 heteroatoms. The molecule has 0 saturated heterocycles. The Hall–Kier alpha value is -0.940. The van der Waals surface area contributed by atoms with E-state index in [1.807, 2.05) is 11.4 Å². The first-order chi connectivity index (χ1) is 8.59. The maximum atomic E-state index is 12.2. The highest BCUT2D eigenvalue weighted by Crippen LogP contribution is 2.14. The summed E-state index contributed by atoms with van der Waals surface area (Å²) in [4.78, 5) is 16.2. The van der Waals surface area contributed by atoms with Crippen molar-refractivity contribution in [1.29, 1.82) is 0 Å².